The highest BCUT2D eigenvalue weighted by Crippen LogP contribution is 2.44. The van der Waals surface area contributed by atoms with Crippen LogP contribution in [0.3, 0.4) is 0 Å². The molecule has 0 amide bonds. The van der Waals surface area contributed by atoms with Crippen LogP contribution in [0.15, 0.2) is 0 Å². The van der Waals surface area contributed by atoms with E-state index in [1.54, 1.807) is 0 Å². The highest BCUT2D eigenvalue weighted by molar-refractivity contribution is 7.99. The summed E-state index contributed by atoms with van der Waals surface area (Å²) in [5.41, 5.74) is 0. The van der Waals surface area contributed by atoms with Gasteiger partial charge in [0.25, 0.3) is 0 Å². The molecule has 0 bridgehead atoms. The number of phosphoric ester groups is 1. The molecule has 1 N–H and O–H groups in total. The highest BCUT2D eigenvalue weighted by Gasteiger charge is 2.31. The molecule has 210 valence electrons. The van der Waals surface area contributed by atoms with E-state index >= 15 is 0 Å². The molecule has 0 aromatic carbocycles. The van der Waals surface area contributed by atoms with Crippen LogP contribution in [-0.2, 0) is 18.3 Å². The molecule has 0 spiro atoms. The summed E-state index contributed by atoms with van der Waals surface area (Å²) in [6.45, 7) is 3.93. The first-order valence-electron chi connectivity index (χ1n) is 14.4. The summed E-state index contributed by atoms with van der Waals surface area (Å²) in [6, 6.07) is 0. The predicted molar refractivity (Wildman–Crippen MR) is 150 cm³/mol. The lowest BCUT2D eigenvalue weighted by Gasteiger charge is -2.31. The van der Waals surface area contributed by atoms with Gasteiger partial charge in [-0.15, -0.1) is 0 Å². The van der Waals surface area contributed by atoms with Gasteiger partial charge in [0.15, 0.2) is 0 Å². The number of unbranched alkanes of at least 4 members (excludes halogenated alkanes) is 13. The van der Waals surface area contributed by atoms with Gasteiger partial charge in [-0.3, -0.25) is 9.05 Å². The molecule has 0 aliphatic carbocycles. The van der Waals surface area contributed by atoms with Gasteiger partial charge in [-0.25, -0.2) is 4.57 Å². The number of phosphoric acid groups is 1. The van der Waals surface area contributed by atoms with Crippen LogP contribution in [0, 0.1) is 0 Å². The lowest BCUT2D eigenvalue weighted by atomic mass is 10.0. The summed E-state index contributed by atoms with van der Waals surface area (Å²) in [5.74, 6) is 1.12. The minimum atomic E-state index is -4.03. The molecule has 0 radical (unpaired) electrons. The first-order valence-corrected chi connectivity index (χ1v) is 16.9. The molecule has 6 nitrogen and oxygen atoms in total. The van der Waals surface area contributed by atoms with E-state index in [2.05, 4.69) is 6.92 Å². The second kappa shape index (κ2) is 20.4. The third-order valence-corrected chi connectivity index (χ3v) is 9.10. The first-order chi connectivity index (χ1) is 16.7. The van der Waals surface area contributed by atoms with Crippen molar-refractivity contribution in [1.82, 2.24) is 0 Å². The van der Waals surface area contributed by atoms with Gasteiger partial charge >= 0.3 is 7.82 Å². The number of ether oxygens (including phenoxy) is 1. The second-order valence-corrected chi connectivity index (χ2v) is 14.0. The van der Waals surface area contributed by atoms with E-state index in [9.17, 15) is 9.46 Å². The molecule has 1 aliphatic heterocycles. The molecule has 3 atom stereocenters. The van der Waals surface area contributed by atoms with Crippen LogP contribution < -0.4 is 0 Å². The Morgan fingerprint density at radius 1 is 0.886 bits per heavy atom. The van der Waals surface area contributed by atoms with Crippen molar-refractivity contribution in [3.63, 3.8) is 0 Å². The van der Waals surface area contributed by atoms with Crippen molar-refractivity contribution in [1.29, 1.82) is 0 Å². The summed E-state index contributed by atoms with van der Waals surface area (Å²) in [5, 5.41) is 0.331. The number of nitrogens with zero attached hydrogens (tertiary/aromatic N) is 1. The summed E-state index contributed by atoms with van der Waals surface area (Å²) >= 11 is 1.94. The van der Waals surface area contributed by atoms with Crippen molar-refractivity contribution in [2.24, 2.45) is 0 Å². The smallest absolute Gasteiger partial charge is 0.375 e. The van der Waals surface area contributed by atoms with E-state index < -0.39 is 7.82 Å². The van der Waals surface area contributed by atoms with E-state index in [1.807, 2.05) is 32.9 Å². The monoisotopic (exact) mass is 538 g/mol. The van der Waals surface area contributed by atoms with E-state index in [0.29, 0.717) is 22.9 Å². The van der Waals surface area contributed by atoms with E-state index in [-0.39, 0.29) is 19.3 Å². The summed E-state index contributed by atoms with van der Waals surface area (Å²) in [6.07, 6.45) is 21.3. The van der Waals surface area contributed by atoms with Gasteiger partial charge in [0, 0.05) is 11.9 Å². The van der Waals surface area contributed by atoms with Crippen molar-refractivity contribution in [2.45, 2.75) is 121 Å². The fourth-order valence-electron chi connectivity index (χ4n) is 4.32. The molecule has 1 aliphatic rings. The molecular weight excluding hydrogens is 481 g/mol. The van der Waals surface area contributed by atoms with Crippen LogP contribution in [0.25, 0.3) is 0 Å². The summed E-state index contributed by atoms with van der Waals surface area (Å²) in [7, 11) is 2.01. The first kappa shape index (κ1) is 33.4. The normalized spacial score (nSPS) is 20.7. The Balaban J connectivity index is 2.04. The molecule has 0 aromatic rings. The number of rotatable bonds is 23. The average molecular weight is 539 g/mol. The molecule has 1 rings (SSSR count). The SMILES string of the molecule is CCCCCCCCCCCCCCCCS[C@H]1CCCO[C@H]1COP(=O)(O)OCC[N+](C)(C)C. The van der Waals surface area contributed by atoms with Crippen molar-refractivity contribution >= 4 is 19.6 Å². The minimum absolute atomic E-state index is 0.120. The van der Waals surface area contributed by atoms with E-state index in [4.69, 9.17) is 13.8 Å². The maximum atomic E-state index is 12.2. The van der Waals surface area contributed by atoms with Crippen molar-refractivity contribution in [3.05, 3.63) is 0 Å². The predicted octanol–water partition coefficient (Wildman–Crippen LogP) is 7.59. The lowest BCUT2D eigenvalue weighted by Crippen LogP contribution is -2.37. The lowest BCUT2D eigenvalue weighted by molar-refractivity contribution is -0.870. The molecule has 1 heterocycles. The Bertz CT molecular complexity index is 546. The fraction of sp³-hybridized carbons (Fsp3) is 1.00. The van der Waals surface area contributed by atoms with Crippen LogP contribution >= 0.6 is 19.6 Å². The molecular formula is C27H57NO5PS+. The largest absolute Gasteiger partial charge is 0.472 e. The van der Waals surface area contributed by atoms with Gasteiger partial charge in [-0.2, -0.15) is 11.8 Å². The van der Waals surface area contributed by atoms with Crippen LogP contribution in [0.2, 0.25) is 0 Å². The number of hydrogen-bond acceptors (Lipinski definition) is 5. The van der Waals surface area contributed by atoms with Gasteiger partial charge in [-0.1, -0.05) is 90.4 Å². The second-order valence-electron chi connectivity index (χ2n) is 11.2. The van der Waals surface area contributed by atoms with Gasteiger partial charge in [0.05, 0.1) is 33.9 Å². The number of hydrogen-bond donors (Lipinski definition) is 1. The van der Waals surface area contributed by atoms with Gasteiger partial charge < -0.3 is 14.1 Å². The fourth-order valence-corrected chi connectivity index (χ4v) is 6.43. The van der Waals surface area contributed by atoms with Crippen molar-refractivity contribution < 1.29 is 27.7 Å². The Labute approximate surface area is 221 Å². The average Bonchev–Trinajstić information content (AvgIpc) is 2.80. The zero-order chi connectivity index (χ0) is 25.8. The highest BCUT2D eigenvalue weighted by atomic mass is 32.2. The van der Waals surface area contributed by atoms with Crippen molar-refractivity contribution in [3.8, 4) is 0 Å². The Morgan fingerprint density at radius 2 is 1.43 bits per heavy atom. The molecule has 35 heavy (non-hydrogen) atoms. The van der Waals surface area contributed by atoms with E-state index in [1.165, 1.54) is 89.9 Å². The Kier molecular flexibility index (Phi) is 19.4. The number of thioether (sulfide) groups is 1. The molecule has 0 aromatic heterocycles. The zero-order valence-corrected chi connectivity index (χ0v) is 25.1. The zero-order valence-electron chi connectivity index (χ0n) is 23.4. The quantitative estimate of drug-likeness (QED) is 0.0821. The van der Waals surface area contributed by atoms with Crippen LogP contribution in [0.4, 0.5) is 0 Å². The van der Waals surface area contributed by atoms with Gasteiger partial charge in [0.2, 0.25) is 0 Å². The Hall–Kier alpha value is 0.380. The van der Waals surface area contributed by atoms with Crippen LogP contribution in [0.5, 0.6) is 0 Å². The van der Waals surface area contributed by atoms with Gasteiger partial charge in [0.1, 0.15) is 13.2 Å². The van der Waals surface area contributed by atoms with Crippen molar-refractivity contribution in [2.75, 3.05) is 53.3 Å². The minimum Gasteiger partial charge on any atom is -0.375 e. The number of quaternary nitrogens is 1. The maximum absolute atomic E-state index is 12.2. The molecule has 0 saturated carbocycles. The third kappa shape index (κ3) is 20.1. The standard InChI is InChI=1S/C27H56NO5PS/c1-5-6-7-8-9-10-11-12-13-14-15-16-17-18-24-35-27-20-19-22-31-26(27)25-33-34(29,30)32-23-21-28(2,3)4/h26-27H,5-25H2,1-4H3/p+1/t26-,27-/m0/s1. The van der Waals surface area contributed by atoms with Crippen LogP contribution in [-0.4, -0.2) is 74.0 Å². The summed E-state index contributed by atoms with van der Waals surface area (Å²) < 4.78 is 29.2. The molecule has 1 saturated heterocycles. The van der Waals surface area contributed by atoms with Gasteiger partial charge in [-0.05, 0) is 25.0 Å². The summed E-state index contributed by atoms with van der Waals surface area (Å²) in [4.78, 5) is 9.99. The number of likely N-dealkylation sites (N-methyl/N-ethyl adjacent to an activating group) is 1. The molecule has 1 unspecified atom stereocenters. The van der Waals surface area contributed by atoms with Crippen LogP contribution in [0.1, 0.15) is 110 Å². The molecule has 1 fully saturated rings. The third-order valence-electron chi connectivity index (χ3n) is 6.63. The van der Waals surface area contributed by atoms with E-state index in [0.717, 1.165) is 18.6 Å². The topological polar surface area (TPSA) is 65.0 Å². The maximum Gasteiger partial charge on any atom is 0.472 e. The molecule has 8 heteroatoms. The Morgan fingerprint density at radius 3 is 1.97 bits per heavy atom.